The Bertz CT molecular complexity index is 733. The van der Waals surface area contributed by atoms with Crippen LogP contribution in [0.3, 0.4) is 0 Å². The molecule has 0 bridgehead atoms. The minimum absolute atomic E-state index is 0.375. The van der Waals surface area contributed by atoms with Crippen molar-refractivity contribution in [2.45, 2.75) is 25.9 Å². The Morgan fingerprint density at radius 1 is 1.31 bits per heavy atom. The third-order valence-corrected chi connectivity index (χ3v) is 5.03. The van der Waals surface area contributed by atoms with Crippen LogP contribution in [0.5, 0.6) is 0 Å². The number of halogens is 2. The highest BCUT2D eigenvalue weighted by Crippen LogP contribution is 2.22. The van der Waals surface area contributed by atoms with E-state index in [-0.39, 0.29) is 0 Å². The van der Waals surface area contributed by atoms with E-state index in [4.69, 9.17) is 11.6 Å². The summed E-state index contributed by atoms with van der Waals surface area (Å²) in [6.45, 7) is 5.48. The zero-order valence-electron chi connectivity index (χ0n) is 14.8. The Kier molecular flexibility index (Phi) is 6.74. The van der Waals surface area contributed by atoms with Gasteiger partial charge in [0.25, 0.3) is 0 Å². The molecule has 2 aromatic rings. The molecule has 1 aliphatic rings. The Balaban J connectivity index is 1.58. The lowest BCUT2D eigenvalue weighted by atomic mass is 10.2. The van der Waals surface area contributed by atoms with Crippen molar-refractivity contribution < 1.29 is 0 Å². The molecule has 7 heteroatoms. The summed E-state index contributed by atoms with van der Waals surface area (Å²) in [5.74, 6) is 0.838. The van der Waals surface area contributed by atoms with E-state index in [9.17, 15) is 0 Å². The van der Waals surface area contributed by atoms with E-state index >= 15 is 0 Å². The molecule has 1 aromatic heterocycles. The van der Waals surface area contributed by atoms with Crippen LogP contribution < -0.4 is 15.5 Å². The molecule has 0 aliphatic carbocycles. The molecular weight excluding hydrogens is 414 g/mol. The SMILES string of the molecule is CCNC(=NCc1ccc(Cl)nc1)NC1CCN(c2ccc(Br)cc2)C1. The summed E-state index contributed by atoms with van der Waals surface area (Å²) >= 11 is 9.32. The van der Waals surface area contributed by atoms with Crippen LogP contribution in [0, 0.1) is 0 Å². The quantitative estimate of drug-likeness (QED) is 0.425. The van der Waals surface area contributed by atoms with Gasteiger partial charge in [0.05, 0.1) is 6.54 Å². The maximum atomic E-state index is 5.83. The predicted molar refractivity (Wildman–Crippen MR) is 112 cm³/mol. The zero-order valence-corrected chi connectivity index (χ0v) is 17.1. The smallest absolute Gasteiger partial charge is 0.191 e. The van der Waals surface area contributed by atoms with Crippen LogP contribution in [0.2, 0.25) is 5.15 Å². The van der Waals surface area contributed by atoms with Crippen molar-refractivity contribution in [2.24, 2.45) is 4.99 Å². The van der Waals surface area contributed by atoms with Gasteiger partial charge in [-0.1, -0.05) is 33.6 Å². The minimum atomic E-state index is 0.375. The highest BCUT2D eigenvalue weighted by molar-refractivity contribution is 9.10. The number of guanidine groups is 1. The van der Waals surface area contributed by atoms with Crippen LogP contribution in [-0.2, 0) is 6.54 Å². The molecule has 1 atom stereocenters. The molecule has 2 heterocycles. The van der Waals surface area contributed by atoms with Gasteiger partial charge in [0.15, 0.2) is 5.96 Å². The summed E-state index contributed by atoms with van der Waals surface area (Å²) in [5, 5.41) is 7.37. The number of aromatic nitrogens is 1. The number of nitrogens with zero attached hydrogens (tertiary/aromatic N) is 3. The number of hydrogen-bond acceptors (Lipinski definition) is 3. The third-order valence-electron chi connectivity index (χ3n) is 4.27. The van der Waals surface area contributed by atoms with Crippen LogP contribution in [-0.4, -0.2) is 36.6 Å². The van der Waals surface area contributed by atoms with E-state index in [1.165, 1.54) is 5.69 Å². The molecule has 2 N–H and O–H groups in total. The molecule has 0 saturated carbocycles. The highest BCUT2D eigenvalue weighted by Gasteiger charge is 2.23. The summed E-state index contributed by atoms with van der Waals surface area (Å²) in [6, 6.07) is 12.6. The van der Waals surface area contributed by atoms with Crippen LogP contribution in [0.15, 0.2) is 52.1 Å². The summed E-state index contributed by atoms with van der Waals surface area (Å²) in [7, 11) is 0. The van der Waals surface area contributed by atoms with E-state index in [2.05, 4.69) is 72.6 Å². The topological polar surface area (TPSA) is 52.6 Å². The van der Waals surface area contributed by atoms with Crippen molar-refractivity contribution in [3.63, 3.8) is 0 Å². The second kappa shape index (κ2) is 9.24. The Hall–Kier alpha value is -1.79. The van der Waals surface area contributed by atoms with Gasteiger partial charge in [0.1, 0.15) is 5.15 Å². The molecule has 0 radical (unpaired) electrons. The van der Waals surface area contributed by atoms with E-state index in [0.29, 0.717) is 17.7 Å². The molecule has 1 saturated heterocycles. The molecular formula is C19H23BrClN5. The van der Waals surface area contributed by atoms with Crippen LogP contribution in [0.4, 0.5) is 5.69 Å². The molecule has 1 aliphatic heterocycles. The Morgan fingerprint density at radius 3 is 2.81 bits per heavy atom. The fourth-order valence-electron chi connectivity index (χ4n) is 2.95. The number of nitrogens with one attached hydrogen (secondary N) is 2. The predicted octanol–water partition coefficient (Wildman–Crippen LogP) is 3.83. The van der Waals surface area contributed by atoms with Gasteiger partial charge >= 0.3 is 0 Å². The van der Waals surface area contributed by atoms with Gasteiger partial charge in [-0.15, -0.1) is 0 Å². The van der Waals surface area contributed by atoms with Crippen molar-refractivity contribution in [2.75, 3.05) is 24.5 Å². The first kappa shape index (κ1) is 19.0. The van der Waals surface area contributed by atoms with Crippen LogP contribution in [0.1, 0.15) is 18.9 Å². The van der Waals surface area contributed by atoms with Gasteiger partial charge in [-0.25, -0.2) is 9.98 Å². The lowest BCUT2D eigenvalue weighted by Gasteiger charge is -2.20. The van der Waals surface area contributed by atoms with Crippen molar-refractivity contribution in [1.29, 1.82) is 0 Å². The first-order chi connectivity index (χ1) is 12.6. The number of hydrogen-bond donors (Lipinski definition) is 2. The number of aliphatic imine (C=N–C) groups is 1. The second-order valence-corrected chi connectivity index (χ2v) is 7.54. The van der Waals surface area contributed by atoms with Crippen molar-refractivity contribution >= 4 is 39.2 Å². The third kappa shape index (κ3) is 5.35. The standard InChI is InChI=1S/C19H23BrClN5/c1-2-22-19(24-12-14-3-8-18(21)23-11-14)25-16-9-10-26(13-16)17-6-4-15(20)5-7-17/h3-8,11,16H,2,9-10,12-13H2,1H3,(H2,22,24,25). The van der Waals surface area contributed by atoms with E-state index in [1.807, 2.05) is 6.07 Å². The fraction of sp³-hybridized carbons (Fsp3) is 0.368. The average Bonchev–Trinajstić information content (AvgIpc) is 3.10. The summed E-state index contributed by atoms with van der Waals surface area (Å²) in [6.07, 6.45) is 2.85. The lowest BCUT2D eigenvalue weighted by Crippen LogP contribution is -2.44. The zero-order chi connectivity index (χ0) is 18.4. The first-order valence-electron chi connectivity index (χ1n) is 8.80. The summed E-state index contributed by atoms with van der Waals surface area (Å²) in [4.78, 5) is 11.2. The molecule has 5 nitrogen and oxygen atoms in total. The van der Waals surface area contributed by atoms with E-state index < -0.39 is 0 Å². The van der Waals surface area contributed by atoms with Gasteiger partial charge in [-0.05, 0) is 49.2 Å². The van der Waals surface area contributed by atoms with Crippen LogP contribution in [0.25, 0.3) is 0 Å². The van der Waals surface area contributed by atoms with Gasteiger partial charge < -0.3 is 15.5 Å². The molecule has 1 unspecified atom stereocenters. The first-order valence-corrected chi connectivity index (χ1v) is 9.97. The van der Waals surface area contributed by atoms with Gasteiger partial charge in [0, 0.05) is 42.0 Å². The fourth-order valence-corrected chi connectivity index (χ4v) is 3.32. The molecule has 0 amide bonds. The van der Waals surface area contributed by atoms with Crippen molar-refractivity contribution in [3.05, 3.63) is 57.8 Å². The lowest BCUT2D eigenvalue weighted by molar-refractivity contribution is 0.649. The minimum Gasteiger partial charge on any atom is -0.369 e. The molecule has 26 heavy (non-hydrogen) atoms. The van der Waals surface area contributed by atoms with Gasteiger partial charge in [-0.3, -0.25) is 0 Å². The van der Waals surface area contributed by atoms with E-state index in [1.54, 1.807) is 12.3 Å². The molecule has 1 fully saturated rings. The number of pyridine rings is 1. The van der Waals surface area contributed by atoms with Crippen molar-refractivity contribution in [1.82, 2.24) is 15.6 Å². The number of benzene rings is 1. The van der Waals surface area contributed by atoms with Crippen LogP contribution >= 0.6 is 27.5 Å². The number of rotatable bonds is 5. The van der Waals surface area contributed by atoms with Gasteiger partial charge in [0.2, 0.25) is 0 Å². The molecule has 138 valence electrons. The second-order valence-electron chi connectivity index (χ2n) is 6.24. The average molecular weight is 437 g/mol. The molecule has 0 spiro atoms. The normalized spacial score (nSPS) is 17.4. The van der Waals surface area contributed by atoms with E-state index in [0.717, 1.165) is 42.1 Å². The summed E-state index contributed by atoms with van der Waals surface area (Å²) < 4.78 is 1.10. The molecule has 1 aromatic carbocycles. The maximum Gasteiger partial charge on any atom is 0.191 e. The number of anilines is 1. The van der Waals surface area contributed by atoms with Gasteiger partial charge in [-0.2, -0.15) is 0 Å². The monoisotopic (exact) mass is 435 g/mol. The molecule has 3 rings (SSSR count). The van der Waals surface area contributed by atoms with Crippen molar-refractivity contribution in [3.8, 4) is 0 Å². The Morgan fingerprint density at radius 2 is 2.12 bits per heavy atom. The Labute approximate surface area is 168 Å². The summed E-state index contributed by atoms with van der Waals surface area (Å²) in [5.41, 5.74) is 2.29. The highest BCUT2D eigenvalue weighted by atomic mass is 79.9. The largest absolute Gasteiger partial charge is 0.369 e. The maximum absolute atomic E-state index is 5.83.